The van der Waals surface area contributed by atoms with E-state index in [4.69, 9.17) is 0 Å². The second kappa shape index (κ2) is 7.61. The fourth-order valence-electron chi connectivity index (χ4n) is 1.94. The Kier molecular flexibility index (Phi) is 6.12. The van der Waals surface area contributed by atoms with Crippen molar-refractivity contribution in [2.24, 2.45) is 0 Å². The first kappa shape index (κ1) is 15.3. The highest BCUT2D eigenvalue weighted by atomic mass is 16.5. The highest BCUT2D eigenvalue weighted by Gasteiger charge is 2.18. The molecule has 0 bridgehead atoms. The zero-order valence-electron chi connectivity index (χ0n) is 11.9. The van der Waals surface area contributed by atoms with Crippen LogP contribution in [-0.4, -0.2) is 41.5 Å². The molecule has 1 rings (SSSR count). The van der Waals surface area contributed by atoms with E-state index in [9.17, 15) is 9.59 Å². The average molecular weight is 266 g/mol. The number of hydrogen-bond donors (Lipinski definition) is 0. The van der Waals surface area contributed by atoms with Crippen molar-refractivity contribution in [1.29, 1.82) is 0 Å². The van der Waals surface area contributed by atoms with Crippen LogP contribution >= 0.6 is 0 Å². The highest BCUT2D eigenvalue weighted by molar-refractivity contribution is 5.93. The highest BCUT2D eigenvalue weighted by Crippen LogP contribution is 2.08. The summed E-state index contributed by atoms with van der Waals surface area (Å²) in [7, 11) is 1.35. The topological polar surface area (TPSA) is 51.5 Å². The minimum absolute atomic E-state index is 0.0372. The summed E-state index contributed by atoms with van der Waals surface area (Å²) in [5.74, 6) is -0.333. The van der Waals surface area contributed by atoms with Gasteiger partial charge in [0, 0.05) is 25.8 Å². The van der Waals surface area contributed by atoms with Crippen LogP contribution in [-0.2, 0) is 16.1 Å². The van der Waals surface area contributed by atoms with Crippen molar-refractivity contribution in [3.8, 4) is 0 Å². The molecule has 1 heterocycles. The van der Waals surface area contributed by atoms with Gasteiger partial charge in [-0.3, -0.25) is 9.59 Å². The maximum absolute atomic E-state index is 12.4. The Morgan fingerprint density at radius 1 is 1.37 bits per heavy atom. The third kappa shape index (κ3) is 4.12. The number of nitrogens with zero attached hydrogens (tertiary/aromatic N) is 2. The minimum atomic E-state index is -0.296. The van der Waals surface area contributed by atoms with Crippen molar-refractivity contribution in [2.75, 3.05) is 20.2 Å². The predicted molar refractivity (Wildman–Crippen MR) is 72.9 cm³/mol. The molecule has 0 aromatic carbocycles. The van der Waals surface area contributed by atoms with E-state index in [1.165, 1.54) is 7.11 Å². The second-order valence-electron chi connectivity index (χ2n) is 4.30. The van der Waals surface area contributed by atoms with Gasteiger partial charge in [0.2, 0.25) is 0 Å². The molecule has 5 heteroatoms. The van der Waals surface area contributed by atoms with Gasteiger partial charge in [0.1, 0.15) is 5.69 Å². The van der Waals surface area contributed by atoms with Gasteiger partial charge in [0.25, 0.3) is 5.91 Å². The number of aryl methyl sites for hydroxylation is 1. The van der Waals surface area contributed by atoms with Crippen LogP contribution in [0, 0.1) is 0 Å². The van der Waals surface area contributed by atoms with Crippen molar-refractivity contribution in [3.63, 3.8) is 0 Å². The Hall–Kier alpha value is -1.78. The summed E-state index contributed by atoms with van der Waals surface area (Å²) in [6, 6.07) is 3.69. The van der Waals surface area contributed by atoms with E-state index < -0.39 is 0 Å². The molecule has 0 aliphatic heterocycles. The van der Waals surface area contributed by atoms with Crippen molar-refractivity contribution in [3.05, 3.63) is 24.0 Å². The monoisotopic (exact) mass is 266 g/mol. The molecule has 0 saturated carbocycles. The SMILES string of the molecule is CCCn1cccc1C(=O)N(CC)CCC(=O)OC. The van der Waals surface area contributed by atoms with E-state index >= 15 is 0 Å². The molecule has 0 unspecified atom stereocenters. The molecule has 1 amide bonds. The van der Waals surface area contributed by atoms with Crippen LogP contribution in [0.15, 0.2) is 18.3 Å². The van der Waals surface area contributed by atoms with Crippen LogP contribution in [0.1, 0.15) is 37.2 Å². The number of esters is 1. The number of hydrogen-bond acceptors (Lipinski definition) is 3. The van der Waals surface area contributed by atoms with E-state index in [0.29, 0.717) is 18.8 Å². The molecule has 0 atom stereocenters. The number of aromatic nitrogens is 1. The molecule has 19 heavy (non-hydrogen) atoms. The second-order valence-corrected chi connectivity index (χ2v) is 4.30. The molecular formula is C14H22N2O3. The molecule has 0 aliphatic carbocycles. The van der Waals surface area contributed by atoms with Crippen molar-refractivity contribution < 1.29 is 14.3 Å². The normalized spacial score (nSPS) is 10.3. The van der Waals surface area contributed by atoms with E-state index in [-0.39, 0.29) is 18.3 Å². The average Bonchev–Trinajstić information content (AvgIpc) is 2.87. The van der Waals surface area contributed by atoms with Gasteiger partial charge in [-0.2, -0.15) is 0 Å². The van der Waals surface area contributed by atoms with Gasteiger partial charge in [0.15, 0.2) is 0 Å². The van der Waals surface area contributed by atoms with Gasteiger partial charge in [-0.15, -0.1) is 0 Å². The summed E-state index contributed by atoms with van der Waals surface area (Å²) in [6.07, 6.45) is 3.11. The lowest BCUT2D eigenvalue weighted by atomic mass is 10.3. The summed E-state index contributed by atoms with van der Waals surface area (Å²) < 4.78 is 6.54. The summed E-state index contributed by atoms with van der Waals surface area (Å²) in [5, 5.41) is 0. The van der Waals surface area contributed by atoms with Crippen LogP contribution in [0.5, 0.6) is 0 Å². The third-order valence-corrected chi connectivity index (χ3v) is 3.00. The summed E-state index contributed by atoms with van der Waals surface area (Å²) >= 11 is 0. The van der Waals surface area contributed by atoms with Crippen LogP contribution in [0.25, 0.3) is 0 Å². The molecule has 5 nitrogen and oxygen atoms in total. The largest absolute Gasteiger partial charge is 0.469 e. The number of ether oxygens (including phenoxy) is 1. The Labute approximate surface area is 114 Å². The van der Waals surface area contributed by atoms with E-state index in [0.717, 1.165) is 13.0 Å². The van der Waals surface area contributed by atoms with E-state index in [1.807, 2.05) is 29.8 Å². The smallest absolute Gasteiger partial charge is 0.307 e. The molecule has 0 aliphatic rings. The molecule has 0 radical (unpaired) electrons. The molecule has 0 spiro atoms. The van der Waals surface area contributed by atoms with Gasteiger partial charge in [-0.1, -0.05) is 6.92 Å². The number of carbonyl (C=O) groups is 2. The number of carbonyl (C=O) groups excluding carboxylic acids is 2. The lowest BCUT2D eigenvalue weighted by molar-refractivity contribution is -0.140. The van der Waals surface area contributed by atoms with E-state index in [1.54, 1.807) is 4.90 Å². The lowest BCUT2D eigenvalue weighted by Gasteiger charge is -2.21. The third-order valence-electron chi connectivity index (χ3n) is 3.00. The molecule has 1 aromatic heterocycles. The standard InChI is InChI=1S/C14H22N2O3/c1-4-9-16-10-6-7-12(16)14(18)15(5-2)11-8-13(17)19-3/h6-7,10H,4-5,8-9,11H2,1-3H3. The van der Waals surface area contributed by atoms with Crippen LogP contribution in [0.2, 0.25) is 0 Å². The maximum Gasteiger partial charge on any atom is 0.307 e. The zero-order chi connectivity index (χ0) is 14.3. The first-order valence-electron chi connectivity index (χ1n) is 6.65. The number of amides is 1. The maximum atomic E-state index is 12.4. The van der Waals surface area contributed by atoms with Gasteiger partial charge in [-0.25, -0.2) is 0 Å². The Morgan fingerprint density at radius 3 is 2.68 bits per heavy atom. The molecule has 1 aromatic rings. The first-order valence-corrected chi connectivity index (χ1v) is 6.65. The summed E-state index contributed by atoms with van der Waals surface area (Å²) in [6.45, 7) is 5.76. The Bertz CT molecular complexity index is 426. The van der Waals surface area contributed by atoms with Crippen LogP contribution in [0.3, 0.4) is 0 Å². The van der Waals surface area contributed by atoms with Gasteiger partial charge < -0.3 is 14.2 Å². The zero-order valence-corrected chi connectivity index (χ0v) is 11.9. The minimum Gasteiger partial charge on any atom is -0.469 e. The van der Waals surface area contributed by atoms with Crippen LogP contribution < -0.4 is 0 Å². The summed E-state index contributed by atoms with van der Waals surface area (Å²) in [5.41, 5.74) is 0.675. The fourth-order valence-corrected chi connectivity index (χ4v) is 1.94. The summed E-state index contributed by atoms with van der Waals surface area (Å²) in [4.78, 5) is 25.2. The number of rotatable bonds is 7. The van der Waals surface area contributed by atoms with Gasteiger partial charge in [0.05, 0.1) is 13.5 Å². The van der Waals surface area contributed by atoms with Crippen molar-refractivity contribution in [2.45, 2.75) is 33.2 Å². The Morgan fingerprint density at radius 2 is 2.11 bits per heavy atom. The van der Waals surface area contributed by atoms with E-state index in [2.05, 4.69) is 11.7 Å². The van der Waals surface area contributed by atoms with Gasteiger partial charge >= 0.3 is 5.97 Å². The lowest BCUT2D eigenvalue weighted by Crippen LogP contribution is -2.34. The van der Waals surface area contributed by atoms with Crippen molar-refractivity contribution in [1.82, 2.24) is 9.47 Å². The molecule has 0 N–H and O–H groups in total. The fraction of sp³-hybridized carbons (Fsp3) is 0.571. The molecular weight excluding hydrogens is 244 g/mol. The number of methoxy groups -OCH3 is 1. The molecule has 0 saturated heterocycles. The van der Waals surface area contributed by atoms with Crippen LogP contribution in [0.4, 0.5) is 0 Å². The molecule has 0 fully saturated rings. The molecule has 106 valence electrons. The quantitative estimate of drug-likeness (QED) is 0.708. The predicted octanol–water partition coefficient (Wildman–Crippen LogP) is 1.92. The van der Waals surface area contributed by atoms with Gasteiger partial charge in [-0.05, 0) is 25.5 Å². The van der Waals surface area contributed by atoms with Crippen molar-refractivity contribution >= 4 is 11.9 Å². The Balaban J connectivity index is 2.72. The first-order chi connectivity index (χ1) is 9.13.